The molecule has 0 aromatic heterocycles. The minimum absolute atomic E-state index is 0.0429. The molecule has 34 heavy (non-hydrogen) atoms. The summed E-state index contributed by atoms with van der Waals surface area (Å²) in [5, 5.41) is 3.11. The largest absolute Gasteiger partial charge is 0.352 e. The van der Waals surface area contributed by atoms with Crippen LogP contribution in [0.25, 0.3) is 0 Å². The number of carbonyl (C=O) groups excluding carboxylic acids is 2. The number of hydrogen-bond acceptors (Lipinski definition) is 3. The van der Waals surface area contributed by atoms with Crippen molar-refractivity contribution in [3.63, 3.8) is 0 Å². The van der Waals surface area contributed by atoms with Crippen LogP contribution in [0.4, 0.5) is 0 Å². The quantitative estimate of drug-likeness (QED) is 0.366. The Morgan fingerprint density at radius 2 is 1.47 bits per heavy atom. The maximum Gasteiger partial charge on any atom is 0.243 e. The van der Waals surface area contributed by atoms with Crippen molar-refractivity contribution < 1.29 is 9.59 Å². The lowest BCUT2D eigenvalue weighted by Crippen LogP contribution is -2.52. The van der Waals surface area contributed by atoms with E-state index in [9.17, 15) is 9.59 Å². The molecule has 3 aromatic carbocycles. The zero-order chi connectivity index (χ0) is 24.3. The van der Waals surface area contributed by atoms with Crippen LogP contribution in [0, 0.1) is 6.92 Å². The number of nitrogens with one attached hydrogen (secondary N) is 1. The summed E-state index contributed by atoms with van der Waals surface area (Å²) >= 11 is 1.51. The predicted octanol–water partition coefficient (Wildman–Crippen LogP) is 5.64. The highest BCUT2D eigenvalue weighted by molar-refractivity contribution is 8.00. The van der Waals surface area contributed by atoms with Gasteiger partial charge in [0.15, 0.2) is 0 Å². The van der Waals surface area contributed by atoms with Gasteiger partial charge in [0.25, 0.3) is 0 Å². The van der Waals surface area contributed by atoms with E-state index in [2.05, 4.69) is 5.32 Å². The van der Waals surface area contributed by atoms with Crippen LogP contribution in [-0.4, -0.2) is 34.6 Å². The maximum absolute atomic E-state index is 13.6. The Balaban J connectivity index is 1.88. The van der Waals surface area contributed by atoms with Gasteiger partial charge in [0, 0.05) is 23.9 Å². The van der Waals surface area contributed by atoms with E-state index in [1.54, 1.807) is 4.90 Å². The molecule has 2 atom stereocenters. The van der Waals surface area contributed by atoms with Crippen molar-refractivity contribution in [1.82, 2.24) is 10.2 Å². The summed E-state index contributed by atoms with van der Waals surface area (Å²) < 4.78 is 0. The van der Waals surface area contributed by atoms with Gasteiger partial charge in [-0.1, -0.05) is 85.3 Å². The fraction of sp³-hybridized carbons (Fsp3) is 0.310. The van der Waals surface area contributed by atoms with Gasteiger partial charge in [0.05, 0.1) is 5.75 Å². The molecule has 0 radical (unpaired) electrons. The molecule has 3 aromatic rings. The van der Waals surface area contributed by atoms with Crippen LogP contribution in [0.2, 0.25) is 0 Å². The number of carbonyl (C=O) groups is 2. The van der Waals surface area contributed by atoms with Gasteiger partial charge in [-0.25, -0.2) is 0 Å². The molecular weight excluding hydrogens is 440 g/mol. The average Bonchev–Trinajstić information content (AvgIpc) is 2.86. The highest BCUT2D eigenvalue weighted by Crippen LogP contribution is 2.21. The first-order chi connectivity index (χ1) is 16.5. The number of aryl methyl sites for hydroxylation is 1. The molecule has 5 heteroatoms. The van der Waals surface area contributed by atoms with E-state index in [1.165, 1.54) is 17.3 Å². The Bertz CT molecular complexity index is 1040. The number of benzene rings is 3. The fourth-order valence-corrected chi connectivity index (χ4v) is 4.42. The molecule has 1 N–H and O–H groups in total. The summed E-state index contributed by atoms with van der Waals surface area (Å²) in [6, 6.07) is 27.4. The molecule has 0 spiro atoms. The van der Waals surface area contributed by atoms with E-state index < -0.39 is 6.04 Å². The van der Waals surface area contributed by atoms with Crippen molar-refractivity contribution in [1.29, 1.82) is 0 Å². The van der Waals surface area contributed by atoms with Gasteiger partial charge in [-0.05, 0) is 43.5 Å². The molecular formula is C29H34N2O2S. The van der Waals surface area contributed by atoms with Gasteiger partial charge >= 0.3 is 0 Å². The molecule has 178 valence electrons. The lowest BCUT2D eigenvalue weighted by atomic mass is 10.0. The highest BCUT2D eigenvalue weighted by Gasteiger charge is 2.30. The molecule has 4 nitrogen and oxygen atoms in total. The van der Waals surface area contributed by atoms with Crippen LogP contribution in [0.15, 0.2) is 89.8 Å². The summed E-state index contributed by atoms with van der Waals surface area (Å²) in [6.45, 7) is 6.47. The zero-order valence-electron chi connectivity index (χ0n) is 20.2. The molecule has 0 unspecified atom stereocenters. The molecule has 0 heterocycles. The third-order valence-electron chi connectivity index (χ3n) is 5.85. The van der Waals surface area contributed by atoms with Crippen LogP contribution in [-0.2, 0) is 22.6 Å². The van der Waals surface area contributed by atoms with Gasteiger partial charge in [-0.15, -0.1) is 11.8 Å². The van der Waals surface area contributed by atoms with Crippen LogP contribution in [0.1, 0.15) is 37.0 Å². The number of amides is 2. The van der Waals surface area contributed by atoms with Gasteiger partial charge in [0.1, 0.15) is 6.04 Å². The topological polar surface area (TPSA) is 49.4 Å². The Kier molecular flexibility index (Phi) is 9.77. The second-order valence-corrected chi connectivity index (χ2v) is 9.68. The normalized spacial score (nSPS) is 12.6. The van der Waals surface area contributed by atoms with Gasteiger partial charge < -0.3 is 10.2 Å². The van der Waals surface area contributed by atoms with E-state index >= 15 is 0 Å². The summed E-state index contributed by atoms with van der Waals surface area (Å²) in [6.07, 6.45) is 1.30. The van der Waals surface area contributed by atoms with Crippen LogP contribution in [0.5, 0.6) is 0 Å². The number of thioether (sulfide) groups is 1. The van der Waals surface area contributed by atoms with Gasteiger partial charge in [-0.2, -0.15) is 0 Å². The van der Waals surface area contributed by atoms with E-state index in [0.717, 1.165) is 22.4 Å². The first-order valence-electron chi connectivity index (χ1n) is 11.8. The second-order valence-electron chi connectivity index (χ2n) is 8.63. The fourth-order valence-electron chi connectivity index (χ4n) is 3.64. The molecule has 0 aliphatic heterocycles. The lowest BCUT2D eigenvalue weighted by Gasteiger charge is -2.32. The molecule has 0 aliphatic rings. The molecule has 0 bridgehead atoms. The van der Waals surface area contributed by atoms with Gasteiger partial charge in [-0.3, -0.25) is 9.59 Å². The Labute approximate surface area is 207 Å². The minimum atomic E-state index is -0.595. The highest BCUT2D eigenvalue weighted by atomic mass is 32.2. The van der Waals surface area contributed by atoms with Crippen LogP contribution < -0.4 is 5.32 Å². The Hall–Kier alpha value is -3.05. The van der Waals surface area contributed by atoms with Crippen LogP contribution in [0.3, 0.4) is 0 Å². The summed E-state index contributed by atoms with van der Waals surface area (Å²) in [5.41, 5.74) is 3.22. The minimum Gasteiger partial charge on any atom is -0.352 e. The van der Waals surface area contributed by atoms with E-state index in [1.807, 2.05) is 106 Å². The average molecular weight is 475 g/mol. The Morgan fingerprint density at radius 1 is 0.882 bits per heavy atom. The predicted molar refractivity (Wildman–Crippen MR) is 141 cm³/mol. The molecule has 0 saturated heterocycles. The number of nitrogens with zero attached hydrogens (tertiary/aromatic N) is 1. The van der Waals surface area contributed by atoms with E-state index in [-0.39, 0.29) is 23.6 Å². The molecule has 0 saturated carbocycles. The third-order valence-corrected chi connectivity index (χ3v) is 6.85. The van der Waals surface area contributed by atoms with Crippen LogP contribution >= 0.6 is 11.8 Å². The summed E-state index contributed by atoms with van der Waals surface area (Å²) in [7, 11) is 0. The Morgan fingerprint density at radius 3 is 2.06 bits per heavy atom. The molecule has 0 aliphatic carbocycles. The first-order valence-corrected chi connectivity index (χ1v) is 12.8. The molecule has 0 fully saturated rings. The summed E-state index contributed by atoms with van der Waals surface area (Å²) in [5.74, 6) is 0.120. The van der Waals surface area contributed by atoms with Crippen molar-refractivity contribution in [3.8, 4) is 0 Å². The smallest absolute Gasteiger partial charge is 0.243 e. The molecule has 2 amide bonds. The van der Waals surface area contributed by atoms with E-state index in [4.69, 9.17) is 0 Å². The van der Waals surface area contributed by atoms with E-state index in [0.29, 0.717) is 13.0 Å². The SMILES string of the molecule is CC[C@H](C)NC(=O)[C@@H](Cc1ccccc1)N(Cc1ccccc1)C(=O)CSc1ccc(C)cc1. The monoisotopic (exact) mass is 474 g/mol. The number of rotatable bonds is 11. The van der Waals surface area contributed by atoms with Crippen molar-refractivity contribution in [3.05, 3.63) is 102 Å². The second kappa shape index (κ2) is 13.0. The summed E-state index contributed by atoms with van der Waals surface area (Å²) in [4.78, 5) is 29.9. The van der Waals surface area contributed by atoms with Crippen molar-refractivity contribution in [2.75, 3.05) is 5.75 Å². The lowest BCUT2D eigenvalue weighted by molar-refractivity contribution is -0.139. The van der Waals surface area contributed by atoms with Crippen molar-refractivity contribution >= 4 is 23.6 Å². The number of hydrogen-bond donors (Lipinski definition) is 1. The molecule has 3 rings (SSSR count). The first kappa shape index (κ1) is 25.6. The van der Waals surface area contributed by atoms with Gasteiger partial charge in [0.2, 0.25) is 11.8 Å². The third kappa shape index (κ3) is 7.77. The van der Waals surface area contributed by atoms with Crippen molar-refractivity contribution in [2.24, 2.45) is 0 Å². The standard InChI is InChI=1S/C29H34N2O2S/c1-4-23(3)30-29(33)27(19-24-11-7-5-8-12-24)31(20-25-13-9-6-10-14-25)28(32)21-34-26-17-15-22(2)16-18-26/h5-18,23,27H,4,19-21H2,1-3H3,(H,30,33)/t23-,27+/m0/s1. The van der Waals surface area contributed by atoms with Crippen molar-refractivity contribution in [2.45, 2.75) is 57.1 Å². The maximum atomic E-state index is 13.6. The zero-order valence-corrected chi connectivity index (χ0v) is 21.1.